The minimum atomic E-state index is -0.489. The third-order valence-electron chi connectivity index (χ3n) is 5.50. The summed E-state index contributed by atoms with van der Waals surface area (Å²) in [4.78, 5) is 8.51. The Morgan fingerprint density at radius 2 is 2.10 bits per heavy atom. The van der Waals surface area contributed by atoms with Crippen LogP contribution in [-0.2, 0) is 11.2 Å². The third kappa shape index (κ3) is 4.88. The number of oxazole rings is 1. The lowest BCUT2D eigenvalue weighted by Crippen LogP contribution is -2.15. The van der Waals surface area contributed by atoms with E-state index in [0.29, 0.717) is 41.7 Å². The molecule has 2 aliphatic rings. The zero-order chi connectivity index (χ0) is 21.2. The van der Waals surface area contributed by atoms with E-state index in [1.54, 1.807) is 25.4 Å². The van der Waals surface area contributed by atoms with Gasteiger partial charge in [0, 0.05) is 37.8 Å². The quantitative estimate of drug-likeness (QED) is 0.559. The third-order valence-corrected chi connectivity index (χ3v) is 5.50. The van der Waals surface area contributed by atoms with E-state index in [9.17, 15) is 5.11 Å². The van der Waals surface area contributed by atoms with Crippen molar-refractivity contribution in [1.29, 1.82) is 0 Å². The van der Waals surface area contributed by atoms with Crippen molar-refractivity contribution < 1.29 is 19.0 Å². The van der Waals surface area contributed by atoms with Gasteiger partial charge in [-0.2, -0.15) is 5.10 Å². The molecule has 2 fully saturated rings. The first kappa shape index (κ1) is 20.0. The van der Waals surface area contributed by atoms with Gasteiger partial charge in [0.05, 0.1) is 24.5 Å². The number of hydrogen-bond donors (Lipinski definition) is 2. The van der Waals surface area contributed by atoms with Crippen molar-refractivity contribution in [3.05, 3.63) is 42.2 Å². The summed E-state index contributed by atoms with van der Waals surface area (Å²) in [5.41, 5.74) is 1.01. The molecule has 9 nitrogen and oxygen atoms in total. The maximum absolute atomic E-state index is 9.49. The normalized spacial score (nSPS) is 18.1. The Bertz CT molecular complexity index is 1020. The van der Waals surface area contributed by atoms with Crippen LogP contribution in [0.3, 0.4) is 0 Å². The van der Waals surface area contributed by atoms with Crippen molar-refractivity contribution in [3.8, 4) is 11.5 Å². The summed E-state index contributed by atoms with van der Waals surface area (Å²) in [6.45, 7) is 3.23. The van der Waals surface area contributed by atoms with Crippen LogP contribution in [0.15, 0.2) is 35.1 Å². The lowest BCUT2D eigenvalue weighted by molar-refractivity contribution is 0.0839. The molecule has 5 rings (SSSR count). The molecule has 0 radical (unpaired) electrons. The molecule has 1 atom stereocenters. The lowest BCUT2D eigenvalue weighted by Gasteiger charge is -2.21. The Morgan fingerprint density at radius 1 is 1.26 bits per heavy atom. The molecule has 0 bridgehead atoms. The van der Waals surface area contributed by atoms with Crippen LogP contribution in [0, 0.1) is 0 Å². The lowest BCUT2D eigenvalue weighted by atomic mass is 9.96. The van der Waals surface area contributed by atoms with E-state index in [-0.39, 0.29) is 0 Å². The van der Waals surface area contributed by atoms with Gasteiger partial charge in [0.25, 0.3) is 6.01 Å². The smallest absolute Gasteiger partial charge is 0.300 e. The van der Waals surface area contributed by atoms with Crippen molar-refractivity contribution in [3.63, 3.8) is 0 Å². The average Bonchev–Trinajstić information content (AvgIpc) is 3.40. The van der Waals surface area contributed by atoms with Gasteiger partial charge in [0.2, 0.25) is 0 Å². The number of aromatic nitrogens is 4. The Morgan fingerprint density at radius 3 is 2.87 bits per heavy atom. The Kier molecular flexibility index (Phi) is 5.61. The van der Waals surface area contributed by atoms with Crippen molar-refractivity contribution in [1.82, 2.24) is 19.7 Å². The first-order chi connectivity index (χ1) is 15.1. The van der Waals surface area contributed by atoms with E-state index in [4.69, 9.17) is 19.0 Å². The zero-order valence-electron chi connectivity index (χ0n) is 17.5. The topological polar surface area (TPSA) is 107 Å². The fourth-order valence-electron chi connectivity index (χ4n) is 3.78. The van der Waals surface area contributed by atoms with Crippen LogP contribution < -0.4 is 10.1 Å². The highest BCUT2D eigenvalue weighted by atomic mass is 16.5. The van der Waals surface area contributed by atoms with Gasteiger partial charge in [-0.25, -0.2) is 9.97 Å². The summed E-state index contributed by atoms with van der Waals surface area (Å²) in [5, 5.41) is 17.4. The number of aliphatic hydroxyl groups excluding tert-OH is 1. The first-order valence-electron chi connectivity index (χ1n) is 10.8. The van der Waals surface area contributed by atoms with Crippen molar-refractivity contribution in [2.24, 2.45) is 0 Å². The fourth-order valence-corrected chi connectivity index (χ4v) is 3.78. The van der Waals surface area contributed by atoms with Crippen LogP contribution in [0.4, 0.5) is 11.8 Å². The summed E-state index contributed by atoms with van der Waals surface area (Å²) in [7, 11) is 0. The summed E-state index contributed by atoms with van der Waals surface area (Å²) in [5.74, 6) is 2.98. The van der Waals surface area contributed by atoms with Gasteiger partial charge in [-0.1, -0.05) is 0 Å². The van der Waals surface area contributed by atoms with Gasteiger partial charge in [0.1, 0.15) is 23.0 Å². The number of pyridine rings is 1. The SMILES string of the molecule is CC(O)Cc1cnc(Nc2cc(Oc3cn(C4CC4)nc3C3CCOCC3)ccn2)o1. The zero-order valence-corrected chi connectivity index (χ0v) is 17.5. The number of ether oxygens (including phenoxy) is 2. The van der Waals surface area contributed by atoms with Crippen molar-refractivity contribution in [2.75, 3.05) is 18.5 Å². The number of nitrogens with zero attached hydrogens (tertiary/aromatic N) is 4. The summed E-state index contributed by atoms with van der Waals surface area (Å²) in [6.07, 6.45) is 9.48. The number of rotatable bonds is 8. The summed E-state index contributed by atoms with van der Waals surface area (Å²) < 4.78 is 19.4. The van der Waals surface area contributed by atoms with Gasteiger partial charge in [-0.05, 0) is 38.7 Å². The maximum Gasteiger partial charge on any atom is 0.300 e. The van der Waals surface area contributed by atoms with Gasteiger partial charge in [-0.15, -0.1) is 0 Å². The van der Waals surface area contributed by atoms with Gasteiger partial charge >= 0.3 is 0 Å². The number of nitrogens with one attached hydrogen (secondary N) is 1. The van der Waals surface area contributed by atoms with Crippen molar-refractivity contribution >= 4 is 11.8 Å². The van der Waals surface area contributed by atoms with E-state index in [1.807, 2.05) is 12.3 Å². The standard InChI is InChI=1S/C22H27N5O4/c1-14(28)10-18-12-24-22(31-18)25-20-11-17(4-7-23-20)30-19-13-27(16-2-3-16)26-21(19)15-5-8-29-9-6-15/h4,7,11-16,28H,2-3,5-6,8-10H2,1H3,(H,23,24,25). The second kappa shape index (κ2) is 8.68. The minimum absolute atomic E-state index is 0.324. The van der Waals surface area contributed by atoms with Crippen LogP contribution in [0.5, 0.6) is 11.5 Å². The Balaban J connectivity index is 1.33. The summed E-state index contributed by atoms with van der Waals surface area (Å²) in [6, 6.07) is 4.44. The molecule has 3 aromatic heterocycles. The van der Waals surface area contributed by atoms with Crippen LogP contribution in [0.1, 0.15) is 56.0 Å². The Hall–Kier alpha value is -2.91. The molecule has 31 heavy (non-hydrogen) atoms. The monoisotopic (exact) mass is 425 g/mol. The van der Waals surface area contributed by atoms with E-state index >= 15 is 0 Å². The molecule has 4 heterocycles. The van der Waals surface area contributed by atoms with Crippen LogP contribution >= 0.6 is 0 Å². The van der Waals surface area contributed by atoms with Gasteiger partial charge < -0.3 is 19.0 Å². The molecule has 1 saturated heterocycles. The second-order valence-electron chi connectivity index (χ2n) is 8.27. The molecule has 1 aliphatic heterocycles. The molecule has 0 amide bonds. The van der Waals surface area contributed by atoms with Crippen molar-refractivity contribution in [2.45, 2.75) is 57.1 Å². The first-order valence-corrected chi connectivity index (χ1v) is 10.8. The van der Waals surface area contributed by atoms with Crippen LogP contribution in [0.25, 0.3) is 0 Å². The molecule has 2 N–H and O–H groups in total. The molecule has 1 unspecified atom stereocenters. The molecule has 164 valence electrons. The molecule has 3 aromatic rings. The van der Waals surface area contributed by atoms with Crippen LogP contribution in [-0.4, -0.2) is 44.2 Å². The van der Waals surface area contributed by atoms with Gasteiger partial charge in [-0.3, -0.25) is 10.00 Å². The Labute approximate surface area is 180 Å². The highest BCUT2D eigenvalue weighted by Gasteiger charge is 2.29. The largest absolute Gasteiger partial charge is 0.454 e. The van der Waals surface area contributed by atoms with Crippen LogP contribution in [0.2, 0.25) is 0 Å². The molecular weight excluding hydrogens is 398 g/mol. The van der Waals surface area contributed by atoms with E-state index in [0.717, 1.165) is 37.5 Å². The summed E-state index contributed by atoms with van der Waals surface area (Å²) >= 11 is 0. The van der Waals surface area contributed by atoms with E-state index < -0.39 is 6.10 Å². The minimum Gasteiger partial charge on any atom is -0.454 e. The second-order valence-corrected chi connectivity index (χ2v) is 8.27. The molecule has 0 aromatic carbocycles. The van der Waals surface area contributed by atoms with E-state index in [1.165, 1.54) is 12.8 Å². The average molecular weight is 425 g/mol. The molecule has 9 heteroatoms. The highest BCUT2D eigenvalue weighted by molar-refractivity contribution is 5.50. The predicted octanol–water partition coefficient (Wildman–Crippen LogP) is 3.95. The van der Waals surface area contributed by atoms with Gasteiger partial charge in [0.15, 0.2) is 5.75 Å². The molecular formula is C22H27N5O4. The number of anilines is 2. The number of aliphatic hydroxyl groups is 1. The number of hydrogen-bond acceptors (Lipinski definition) is 8. The highest BCUT2D eigenvalue weighted by Crippen LogP contribution is 2.40. The predicted molar refractivity (Wildman–Crippen MR) is 113 cm³/mol. The molecule has 1 aliphatic carbocycles. The molecule has 0 spiro atoms. The fraction of sp³-hybridized carbons (Fsp3) is 0.500. The molecule has 1 saturated carbocycles. The maximum atomic E-state index is 9.49. The van der Waals surface area contributed by atoms with E-state index in [2.05, 4.69) is 20.0 Å².